The van der Waals surface area contributed by atoms with Gasteiger partial charge in [-0.2, -0.15) is 0 Å². The molecule has 0 amide bonds. The van der Waals surface area contributed by atoms with Crippen LogP contribution in [0.1, 0.15) is 63.0 Å². The van der Waals surface area contributed by atoms with Gasteiger partial charge in [-0.3, -0.25) is 9.62 Å². The SMILES string of the molecule is O=S(=O)(CCC1CCCN1)Nc1ccc([C@H]2CC[C@H]3CCCCN32)cc1. The highest BCUT2D eigenvalue weighted by atomic mass is 32.2. The van der Waals surface area contributed by atoms with E-state index in [9.17, 15) is 8.42 Å². The van der Waals surface area contributed by atoms with Crippen molar-refractivity contribution in [2.24, 2.45) is 0 Å². The Bertz CT molecular complexity index is 698. The first-order valence-corrected chi connectivity index (χ1v) is 11.9. The van der Waals surface area contributed by atoms with Crippen molar-refractivity contribution in [2.75, 3.05) is 23.6 Å². The normalized spacial score (nSPS) is 29.6. The second kappa shape index (κ2) is 7.87. The molecule has 0 spiro atoms. The van der Waals surface area contributed by atoms with E-state index in [2.05, 4.69) is 27.1 Å². The molecule has 0 radical (unpaired) electrons. The standard InChI is InChI=1S/C20H31N3O2S/c24-26(25,15-12-17-4-3-13-21-17)22-18-8-6-16(7-9-18)20-11-10-19-5-1-2-14-23(19)20/h6-9,17,19-22H,1-5,10-15H2/t17?,19-,20-/m1/s1. The van der Waals surface area contributed by atoms with Crippen LogP contribution < -0.4 is 10.0 Å². The molecular weight excluding hydrogens is 346 g/mol. The van der Waals surface area contributed by atoms with Crippen molar-refractivity contribution >= 4 is 15.7 Å². The van der Waals surface area contributed by atoms with Crippen molar-refractivity contribution in [3.63, 3.8) is 0 Å². The topological polar surface area (TPSA) is 61.4 Å². The fourth-order valence-corrected chi connectivity index (χ4v) is 6.11. The van der Waals surface area contributed by atoms with Crippen molar-refractivity contribution in [2.45, 2.75) is 69.5 Å². The molecule has 2 N–H and O–H groups in total. The number of hydrogen-bond donors (Lipinski definition) is 2. The Kier molecular flexibility index (Phi) is 5.53. The average Bonchev–Trinajstić information content (AvgIpc) is 3.30. The second-order valence-electron chi connectivity index (χ2n) is 8.11. The number of rotatable bonds is 6. The van der Waals surface area contributed by atoms with Gasteiger partial charge in [-0.25, -0.2) is 8.42 Å². The summed E-state index contributed by atoms with van der Waals surface area (Å²) in [5.74, 6) is 0.185. The fraction of sp³-hybridized carbons (Fsp3) is 0.700. The second-order valence-corrected chi connectivity index (χ2v) is 9.95. The van der Waals surface area contributed by atoms with E-state index in [4.69, 9.17) is 0 Å². The smallest absolute Gasteiger partial charge is 0.232 e. The van der Waals surface area contributed by atoms with E-state index in [0.29, 0.717) is 24.2 Å². The van der Waals surface area contributed by atoms with Gasteiger partial charge in [0, 0.05) is 23.8 Å². The molecule has 3 saturated heterocycles. The molecule has 3 fully saturated rings. The quantitative estimate of drug-likeness (QED) is 0.799. The molecule has 3 heterocycles. The van der Waals surface area contributed by atoms with Gasteiger partial charge in [0.15, 0.2) is 0 Å². The maximum Gasteiger partial charge on any atom is 0.232 e. The van der Waals surface area contributed by atoms with E-state index >= 15 is 0 Å². The molecule has 3 aliphatic rings. The van der Waals surface area contributed by atoms with Crippen LogP contribution in [0.2, 0.25) is 0 Å². The van der Waals surface area contributed by atoms with Crippen LogP contribution in [0, 0.1) is 0 Å². The molecule has 0 bridgehead atoms. The monoisotopic (exact) mass is 377 g/mol. The first-order chi connectivity index (χ1) is 12.6. The average molecular weight is 378 g/mol. The van der Waals surface area contributed by atoms with Gasteiger partial charge in [-0.1, -0.05) is 18.6 Å². The van der Waals surface area contributed by atoms with Gasteiger partial charge in [0.2, 0.25) is 10.0 Å². The highest BCUT2D eigenvalue weighted by Crippen LogP contribution is 2.40. The van der Waals surface area contributed by atoms with E-state index in [1.807, 2.05) is 12.1 Å². The van der Waals surface area contributed by atoms with Crippen molar-refractivity contribution in [1.29, 1.82) is 0 Å². The molecule has 144 valence electrons. The van der Waals surface area contributed by atoms with Crippen LogP contribution in [0.3, 0.4) is 0 Å². The highest BCUT2D eigenvalue weighted by Gasteiger charge is 2.35. The molecule has 4 rings (SSSR count). The Hall–Kier alpha value is -1.11. The van der Waals surface area contributed by atoms with Gasteiger partial charge in [-0.05, 0) is 75.7 Å². The van der Waals surface area contributed by atoms with Crippen molar-refractivity contribution in [3.8, 4) is 0 Å². The van der Waals surface area contributed by atoms with Crippen LogP contribution in [0.5, 0.6) is 0 Å². The Morgan fingerprint density at radius 2 is 1.88 bits per heavy atom. The highest BCUT2D eigenvalue weighted by molar-refractivity contribution is 7.92. The van der Waals surface area contributed by atoms with Crippen LogP contribution in [-0.4, -0.2) is 44.2 Å². The minimum atomic E-state index is -3.27. The first-order valence-electron chi connectivity index (χ1n) is 10.2. The van der Waals surface area contributed by atoms with Crippen molar-refractivity contribution in [3.05, 3.63) is 29.8 Å². The minimum absolute atomic E-state index is 0.185. The minimum Gasteiger partial charge on any atom is -0.314 e. The molecule has 0 aliphatic carbocycles. The lowest BCUT2D eigenvalue weighted by Gasteiger charge is -2.34. The van der Waals surface area contributed by atoms with E-state index in [1.54, 1.807) is 0 Å². The number of piperidine rings is 1. The summed E-state index contributed by atoms with van der Waals surface area (Å²) in [6.45, 7) is 2.22. The Labute approximate surface area is 157 Å². The predicted octanol–water partition coefficient (Wildman–Crippen LogP) is 3.26. The molecule has 6 heteroatoms. The third-order valence-electron chi connectivity index (χ3n) is 6.31. The third-order valence-corrected chi connectivity index (χ3v) is 7.63. The summed E-state index contributed by atoms with van der Waals surface area (Å²) in [4.78, 5) is 2.66. The number of nitrogens with zero attached hydrogens (tertiary/aromatic N) is 1. The number of sulfonamides is 1. The fourth-order valence-electron chi connectivity index (χ4n) is 4.92. The summed E-state index contributed by atoms with van der Waals surface area (Å²) in [6.07, 6.45) is 9.46. The summed E-state index contributed by atoms with van der Waals surface area (Å²) >= 11 is 0. The number of fused-ring (bicyclic) bond motifs is 1. The number of nitrogens with one attached hydrogen (secondary N) is 2. The number of anilines is 1. The van der Waals surface area contributed by atoms with E-state index in [0.717, 1.165) is 25.4 Å². The van der Waals surface area contributed by atoms with Crippen molar-refractivity contribution in [1.82, 2.24) is 10.2 Å². The largest absolute Gasteiger partial charge is 0.314 e. The summed E-state index contributed by atoms with van der Waals surface area (Å²) < 4.78 is 27.4. The van der Waals surface area contributed by atoms with Crippen LogP contribution in [0.25, 0.3) is 0 Å². The molecule has 1 aromatic carbocycles. The van der Waals surface area contributed by atoms with E-state index in [1.165, 1.54) is 44.2 Å². The lowest BCUT2D eigenvalue weighted by atomic mass is 10.0. The number of hydrogen-bond acceptors (Lipinski definition) is 4. The Morgan fingerprint density at radius 3 is 2.65 bits per heavy atom. The summed E-state index contributed by atoms with van der Waals surface area (Å²) in [5, 5.41) is 3.36. The van der Waals surface area contributed by atoms with Crippen LogP contribution in [0.15, 0.2) is 24.3 Å². The predicted molar refractivity (Wildman–Crippen MR) is 106 cm³/mol. The molecule has 3 aliphatic heterocycles. The van der Waals surface area contributed by atoms with E-state index < -0.39 is 10.0 Å². The van der Waals surface area contributed by atoms with Crippen LogP contribution in [0.4, 0.5) is 5.69 Å². The van der Waals surface area contributed by atoms with Gasteiger partial charge in [0.25, 0.3) is 0 Å². The van der Waals surface area contributed by atoms with Gasteiger partial charge in [-0.15, -0.1) is 0 Å². The zero-order valence-electron chi connectivity index (χ0n) is 15.5. The zero-order chi connectivity index (χ0) is 18.0. The molecule has 1 aromatic rings. The maximum atomic E-state index is 12.3. The molecular formula is C20H31N3O2S. The summed E-state index contributed by atoms with van der Waals surface area (Å²) in [7, 11) is -3.27. The van der Waals surface area contributed by atoms with Crippen molar-refractivity contribution < 1.29 is 8.42 Å². The van der Waals surface area contributed by atoms with Gasteiger partial charge in [0.05, 0.1) is 5.75 Å². The van der Waals surface area contributed by atoms with E-state index in [-0.39, 0.29) is 5.75 Å². The summed E-state index contributed by atoms with van der Waals surface area (Å²) in [5.41, 5.74) is 2.01. The first kappa shape index (κ1) is 18.3. The molecule has 26 heavy (non-hydrogen) atoms. The van der Waals surface area contributed by atoms with Gasteiger partial charge in [0.1, 0.15) is 0 Å². The van der Waals surface area contributed by atoms with Gasteiger partial charge < -0.3 is 5.32 Å². The molecule has 1 unspecified atom stereocenters. The lowest BCUT2D eigenvalue weighted by molar-refractivity contribution is 0.150. The number of benzene rings is 1. The van der Waals surface area contributed by atoms with Crippen LogP contribution >= 0.6 is 0 Å². The van der Waals surface area contributed by atoms with Crippen LogP contribution in [-0.2, 0) is 10.0 Å². The molecule has 0 saturated carbocycles. The lowest BCUT2D eigenvalue weighted by Crippen LogP contribution is -2.35. The molecule has 3 atom stereocenters. The Morgan fingerprint density at radius 1 is 1.04 bits per heavy atom. The molecule has 0 aromatic heterocycles. The Balaban J connectivity index is 1.35. The summed E-state index contributed by atoms with van der Waals surface area (Å²) in [6, 6.07) is 9.70. The molecule has 5 nitrogen and oxygen atoms in total. The van der Waals surface area contributed by atoms with Gasteiger partial charge >= 0.3 is 0 Å². The third kappa shape index (κ3) is 4.24. The maximum absolute atomic E-state index is 12.3. The zero-order valence-corrected chi connectivity index (χ0v) is 16.3.